The van der Waals surface area contributed by atoms with E-state index in [0.29, 0.717) is 5.56 Å². The van der Waals surface area contributed by atoms with E-state index in [1.54, 1.807) is 0 Å². The van der Waals surface area contributed by atoms with E-state index in [1.807, 2.05) is 38.1 Å². The lowest BCUT2D eigenvalue weighted by Crippen LogP contribution is -2.26. The first-order valence-corrected chi connectivity index (χ1v) is 6.19. The molecule has 0 radical (unpaired) electrons. The molecular formula is C16H16FNO. The number of benzene rings is 2. The number of carbonyl (C=O) groups is 1. The minimum absolute atomic E-state index is 0.0850. The fourth-order valence-corrected chi connectivity index (χ4v) is 1.82. The maximum Gasteiger partial charge on any atom is 0.251 e. The lowest BCUT2D eigenvalue weighted by molar-refractivity contribution is 0.0940. The zero-order chi connectivity index (χ0) is 13.8. The predicted molar refractivity (Wildman–Crippen MR) is 73.5 cm³/mol. The Morgan fingerprint density at radius 1 is 1.05 bits per heavy atom. The number of aryl methyl sites for hydroxylation is 1. The zero-order valence-corrected chi connectivity index (χ0v) is 11.0. The van der Waals surface area contributed by atoms with E-state index in [4.69, 9.17) is 0 Å². The molecule has 1 amide bonds. The summed E-state index contributed by atoms with van der Waals surface area (Å²) >= 11 is 0. The van der Waals surface area contributed by atoms with Crippen LogP contribution < -0.4 is 5.32 Å². The van der Waals surface area contributed by atoms with Crippen LogP contribution in [0.3, 0.4) is 0 Å². The van der Waals surface area contributed by atoms with Crippen molar-refractivity contribution in [3.05, 3.63) is 71.0 Å². The van der Waals surface area contributed by atoms with Gasteiger partial charge < -0.3 is 5.32 Å². The molecule has 1 unspecified atom stereocenters. The first-order valence-electron chi connectivity index (χ1n) is 6.19. The Hall–Kier alpha value is -2.16. The molecule has 0 aromatic heterocycles. The Kier molecular flexibility index (Phi) is 3.95. The highest BCUT2D eigenvalue weighted by Gasteiger charge is 2.11. The van der Waals surface area contributed by atoms with Gasteiger partial charge in [-0.3, -0.25) is 4.79 Å². The number of carbonyl (C=O) groups excluding carboxylic acids is 1. The highest BCUT2D eigenvalue weighted by Crippen LogP contribution is 2.14. The maximum atomic E-state index is 12.8. The highest BCUT2D eigenvalue weighted by molar-refractivity contribution is 5.94. The fraction of sp³-hybridized carbons (Fsp3) is 0.188. The van der Waals surface area contributed by atoms with Crippen molar-refractivity contribution in [2.75, 3.05) is 0 Å². The third kappa shape index (κ3) is 3.41. The average molecular weight is 257 g/mol. The number of hydrogen-bond donors (Lipinski definition) is 1. The fourth-order valence-electron chi connectivity index (χ4n) is 1.82. The average Bonchev–Trinajstić information content (AvgIpc) is 2.40. The van der Waals surface area contributed by atoms with Crippen molar-refractivity contribution >= 4 is 5.91 Å². The second-order valence-corrected chi connectivity index (χ2v) is 4.61. The SMILES string of the molecule is Cc1ccc(C(C)NC(=O)c2ccc(F)cc2)cc1. The lowest BCUT2D eigenvalue weighted by Gasteiger charge is -2.14. The van der Waals surface area contributed by atoms with Crippen molar-refractivity contribution in [2.45, 2.75) is 19.9 Å². The van der Waals surface area contributed by atoms with E-state index in [9.17, 15) is 9.18 Å². The molecule has 3 heteroatoms. The molecule has 0 heterocycles. The molecule has 0 aliphatic carbocycles. The van der Waals surface area contributed by atoms with Crippen LogP contribution in [0.1, 0.15) is 34.5 Å². The van der Waals surface area contributed by atoms with Crippen LogP contribution in [-0.4, -0.2) is 5.91 Å². The van der Waals surface area contributed by atoms with Gasteiger partial charge in [0.2, 0.25) is 0 Å². The molecule has 0 fully saturated rings. The number of halogens is 1. The van der Waals surface area contributed by atoms with Gasteiger partial charge in [0.15, 0.2) is 0 Å². The van der Waals surface area contributed by atoms with E-state index < -0.39 is 0 Å². The minimum atomic E-state index is -0.344. The van der Waals surface area contributed by atoms with E-state index in [1.165, 1.54) is 29.8 Å². The third-order valence-corrected chi connectivity index (χ3v) is 3.03. The van der Waals surface area contributed by atoms with Crippen molar-refractivity contribution in [1.29, 1.82) is 0 Å². The van der Waals surface area contributed by atoms with E-state index in [2.05, 4.69) is 5.32 Å². The Morgan fingerprint density at radius 3 is 2.21 bits per heavy atom. The summed E-state index contributed by atoms with van der Waals surface area (Å²) in [6.45, 7) is 3.94. The van der Waals surface area contributed by atoms with Crippen LogP contribution in [0.4, 0.5) is 4.39 Å². The summed E-state index contributed by atoms with van der Waals surface area (Å²) < 4.78 is 12.8. The summed E-state index contributed by atoms with van der Waals surface area (Å²) in [7, 11) is 0. The minimum Gasteiger partial charge on any atom is -0.346 e. The van der Waals surface area contributed by atoms with Gasteiger partial charge >= 0.3 is 0 Å². The second kappa shape index (κ2) is 5.65. The standard InChI is InChI=1S/C16H16FNO/c1-11-3-5-13(6-4-11)12(2)18-16(19)14-7-9-15(17)10-8-14/h3-10,12H,1-2H3,(H,18,19). The molecule has 1 atom stereocenters. The van der Waals surface area contributed by atoms with Crippen LogP contribution in [-0.2, 0) is 0 Å². The lowest BCUT2D eigenvalue weighted by atomic mass is 10.1. The largest absolute Gasteiger partial charge is 0.346 e. The molecule has 0 aliphatic rings. The normalized spacial score (nSPS) is 11.9. The van der Waals surface area contributed by atoms with Gasteiger partial charge in [-0.25, -0.2) is 4.39 Å². The summed E-state index contributed by atoms with van der Waals surface area (Å²) in [5, 5.41) is 2.89. The zero-order valence-electron chi connectivity index (χ0n) is 11.0. The number of amides is 1. The topological polar surface area (TPSA) is 29.1 Å². The quantitative estimate of drug-likeness (QED) is 0.893. The van der Waals surface area contributed by atoms with Gasteiger partial charge in [0, 0.05) is 5.56 Å². The van der Waals surface area contributed by atoms with Crippen LogP contribution >= 0.6 is 0 Å². The van der Waals surface area contributed by atoms with Crippen molar-refractivity contribution in [2.24, 2.45) is 0 Å². The van der Waals surface area contributed by atoms with Crippen LogP contribution in [0.2, 0.25) is 0 Å². The summed E-state index contributed by atoms with van der Waals surface area (Å²) in [5.41, 5.74) is 2.68. The smallest absolute Gasteiger partial charge is 0.251 e. The van der Waals surface area contributed by atoms with Gasteiger partial charge in [-0.1, -0.05) is 29.8 Å². The molecule has 98 valence electrons. The molecule has 2 rings (SSSR count). The molecule has 0 bridgehead atoms. The molecule has 0 spiro atoms. The summed E-state index contributed by atoms with van der Waals surface area (Å²) in [5.74, 6) is -0.545. The molecule has 0 saturated heterocycles. The van der Waals surface area contributed by atoms with Gasteiger partial charge in [-0.2, -0.15) is 0 Å². The Labute approximate surface area is 112 Å². The molecule has 0 saturated carbocycles. The van der Waals surface area contributed by atoms with Crippen molar-refractivity contribution < 1.29 is 9.18 Å². The number of nitrogens with one attached hydrogen (secondary N) is 1. The molecule has 0 aliphatic heterocycles. The predicted octanol–water partition coefficient (Wildman–Crippen LogP) is 3.63. The van der Waals surface area contributed by atoms with Crippen LogP contribution in [0.15, 0.2) is 48.5 Å². The van der Waals surface area contributed by atoms with Gasteiger partial charge in [-0.15, -0.1) is 0 Å². The molecular weight excluding hydrogens is 241 g/mol. The van der Waals surface area contributed by atoms with Crippen LogP contribution in [0.5, 0.6) is 0 Å². The van der Waals surface area contributed by atoms with Crippen molar-refractivity contribution in [3.63, 3.8) is 0 Å². The first kappa shape index (κ1) is 13.3. The summed E-state index contributed by atoms with van der Waals surface area (Å²) in [6, 6.07) is 13.4. The monoisotopic (exact) mass is 257 g/mol. The number of hydrogen-bond acceptors (Lipinski definition) is 1. The summed E-state index contributed by atoms with van der Waals surface area (Å²) in [4.78, 5) is 12.0. The van der Waals surface area contributed by atoms with Gasteiger partial charge in [0.25, 0.3) is 5.91 Å². The molecule has 2 nitrogen and oxygen atoms in total. The van der Waals surface area contributed by atoms with E-state index >= 15 is 0 Å². The maximum absolute atomic E-state index is 12.8. The molecule has 1 N–H and O–H groups in total. The first-order chi connectivity index (χ1) is 9.06. The van der Waals surface area contributed by atoms with Crippen molar-refractivity contribution in [3.8, 4) is 0 Å². The van der Waals surface area contributed by atoms with E-state index in [-0.39, 0.29) is 17.8 Å². The van der Waals surface area contributed by atoms with E-state index in [0.717, 1.165) is 5.56 Å². The Bertz CT molecular complexity index is 560. The van der Waals surface area contributed by atoms with Gasteiger partial charge in [0.1, 0.15) is 5.82 Å². The molecule has 2 aromatic rings. The Morgan fingerprint density at radius 2 is 1.63 bits per heavy atom. The van der Waals surface area contributed by atoms with Gasteiger partial charge in [0.05, 0.1) is 6.04 Å². The third-order valence-electron chi connectivity index (χ3n) is 3.03. The number of rotatable bonds is 3. The summed E-state index contributed by atoms with van der Waals surface area (Å²) in [6.07, 6.45) is 0. The van der Waals surface area contributed by atoms with Gasteiger partial charge in [-0.05, 0) is 43.7 Å². The molecule has 19 heavy (non-hydrogen) atoms. The molecule has 2 aromatic carbocycles. The Balaban J connectivity index is 2.06. The highest BCUT2D eigenvalue weighted by atomic mass is 19.1. The van der Waals surface area contributed by atoms with Crippen LogP contribution in [0.25, 0.3) is 0 Å². The van der Waals surface area contributed by atoms with Crippen LogP contribution in [0, 0.1) is 12.7 Å². The second-order valence-electron chi connectivity index (χ2n) is 4.61. The van der Waals surface area contributed by atoms with Crippen molar-refractivity contribution in [1.82, 2.24) is 5.32 Å².